The largest absolute Gasteiger partial charge is 0.497 e. The van der Waals surface area contributed by atoms with E-state index in [2.05, 4.69) is 26.1 Å². The molecular formula is C21H29NO5. The van der Waals surface area contributed by atoms with Crippen LogP contribution in [0, 0.1) is 17.3 Å². The van der Waals surface area contributed by atoms with Crippen LogP contribution in [-0.4, -0.2) is 31.5 Å². The molecule has 27 heavy (non-hydrogen) atoms. The van der Waals surface area contributed by atoms with E-state index in [0.717, 1.165) is 25.7 Å². The van der Waals surface area contributed by atoms with Crippen molar-refractivity contribution in [3.8, 4) is 5.75 Å². The van der Waals surface area contributed by atoms with Crippen molar-refractivity contribution in [1.29, 1.82) is 0 Å². The minimum absolute atomic E-state index is 0.159. The third-order valence-corrected chi connectivity index (χ3v) is 5.24. The summed E-state index contributed by atoms with van der Waals surface area (Å²) in [6, 6.07) is 6.38. The molecule has 0 radical (unpaired) electrons. The van der Waals surface area contributed by atoms with Crippen molar-refractivity contribution in [3.05, 3.63) is 29.8 Å². The van der Waals surface area contributed by atoms with Crippen LogP contribution in [0.2, 0.25) is 0 Å². The fourth-order valence-electron chi connectivity index (χ4n) is 3.43. The number of esters is 1. The second-order valence-electron chi connectivity index (χ2n) is 8.13. The number of carbonyl (C=O) groups is 3. The van der Waals surface area contributed by atoms with Crippen molar-refractivity contribution in [2.75, 3.05) is 13.7 Å². The van der Waals surface area contributed by atoms with Crippen LogP contribution < -0.4 is 10.1 Å². The van der Waals surface area contributed by atoms with Gasteiger partial charge in [0, 0.05) is 5.56 Å². The normalized spacial score (nSPS) is 19.9. The minimum Gasteiger partial charge on any atom is -0.497 e. The third kappa shape index (κ3) is 6.08. The molecule has 148 valence electrons. The summed E-state index contributed by atoms with van der Waals surface area (Å²) in [6.07, 6.45) is 3.55. The molecule has 2 amide bonds. The smallest absolute Gasteiger partial charge is 0.309 e. The molecule has 0 aliphatic heterocycles. The number of benzene rings is 1. The Bertz CT molecular complexity index is 667. The van der Waals surface area contributed by atoms with Crippen LogP contribution in [0.3, 0.4) is 0 Å². The predicted molar refractivity (Wildman–Crippen MR) is 101 cm³/mol. The number of carbonyl (C=O) groups excluding carboxylic acids is 3. The SMILES string of the molecule is COc1ccc(C(=O)NC(=O)COC(=O)C2CCC(C(C)(C)C)CC2)cc1. The minimum atomic E-state index is -0.632. The zero-order chi connectivity index (χ0) is 20.0. The van der Waals surface area contributed by atoms with Crippen molar-refractivity contribution in [3.63, 3.8) is 0 Å². The van der Waals surface area contributed by atoms with Crippen LogP contribution in [0.5, 0.6) is 5.75 Å². The standard InChI is InChI=1S/C21H29NO5/c1-21(2,3)16-9-5-15(6-10-16)20(25)27-13-18(23)22-19(24)14-7-11-17(26-4)12-8-14/h7-8,11-12,15-16H,5-6,9-10,13H2,1-4H3,(H,22,23,24). The highest BCUT2D eigenvalue weighted by molar-refractivity contribution is 6.05. The van der Waals surface area contributed by atoms with E-state index in [4.69, 9.17) is 9.47 Å². The summed E-state index contributed by atoms with van der Waals surface area (Å²) < 4.78 is 10.1. The van der Waals surface area contributed by atoms with Crippen molar-refractivity contribution in [2.24, 2.45) is 17.3 Å². The molecule has 1 saturated carbocycles. The molecule has 1 aliphatic carbocycles. The second kappa shape index (κ2) is 9.02. The van der Waals surface area contributed by atoms with Gasteiger partial charge in [0.25, 0.3) is 11.8 Å². The molecule has 1 aromatic rings. The van der Waals surface area contributed by atoms with Gasteiger partial charge in [-0.05, 0) is 61.3 Å². The van der Waals surface area contributed by atoms with Crippen molar-refractivity contribution < 1.29 is 23.9 Å². The van der Waals surface area contributed by atoms with Gasteiger partial charge in [-0.3, -0.25) is 19.7 Å². The summed E-state index contributed by atoms with van der Waals surface area (Å²) >= 11 is 0. The first-order chi connectivity index (χ1) is 12.7. The van der Waals surface area contributed by atoms with Crippen LogP contribution in [0.15, 0.2) is 24.3 Å². The lowest BCUT2D eigenvalue weighted by atomic mass is 9.70. The Morgan fingerprint density at radius 3 is 2.15 bits per heavy atom. The van der Waals surface area contributed by atoms with Gasteiger partial charge in [-0.25, -0.2) is 0 Å². The first-order valence-corrected chi connectivity index (χ1v) is 9.35. The highest BCUT2D eigenvalue weighted by Gasteiger charge is 2.33. The molecule has 0 heterocycles. The van der Waals surface area contributed by atoms with Gasteiger partial charge in [-0.1, -0.05) is 20.8 Å². The van der Waals surface area contributed by atoms with Gasteiger partial charge < -0.3 is 9.47 Å². The third-order valence-electron chi connectivity index (χ3n) is 5.24. The maximum Gasteiger partial charge on any atom is 0.309 e. The van der Waals surface area contributed by atoms with E-state index >= 15 is 0 Å². The van der Waals surface area contributed by atoms with Crippen molar-refractivity contribution >= 4 is 17.8 Å². The Kier molecular flexibility index (Phi) is 6.99. The second-order valence-corrected chi connectivity index (χ2v) is 8.13. The van der Waals surface area contributed by atoms with Crippen LogP contribution in [-0.2, 0) is 14.3 Å². The van der Waals surface area contributed by atoms with Gasteiger partial charge in [-0.2, -0.15) is 0 Å². The van der Waals surface area contributed by atoms with Gasteiger partial charge in [0.05, 0.1) is 13.0 Å². The summed E-state index contributed by atoms with van der Waals surface area (Å²) in [6.45, 7) is 6.22. The van der Waals surface area contributed by atoms with Crippen LogP contribution in [0.25, 0.3) is 0 Å². The topological polar surface area (TPSA) is 81.7 Å². The molecule has 0 spiro atoms. The van der Waals surface area contributed by atoms with E-state index < -0.39 is 18.4 Å². The molecule has 1 aromatic carbocycles. The molecule has 1 N–H and O–H groups in total. The first kappa shape index (κ1) is 20.9. The summed E-state index contributed by atoms with van der Waals surface area (Å²) in [5.74, 6) is -0.458. The van der Waals surface area contributed by atoms with E-state index in [1.54, 1.807) is 24.3 Å². The van der Waals surface area contributed by atoms with Crippen molar-refractivity contribution in [1.82, 2.24) is 5.32 Å². The zero-order valence-electron chi connectivity index (χ0n) is 16.5. The van der Waals surface area contributed by atoms with Gasteiger partial charge in [0.1, 0.15) is 5.75 Å². The number of methoxy groups -OCH3 is 1. The van der Waals surface area contributed by atoms with Crippen molar-refractivity contribution in [2.45, 2.75) is 46.5 Å². The molecule has 0 saturated heterocycles. The average Bonchev–Trinajstić information content (AvgIpc) is 2.65. The fraction of sp³-hybridized carbons (Fsp3) is 0.571. The highest BCUT2D eigenvalue weighted by atomic mass is 16.5. The van der Waals surface area contributed by atoms with E-state index in [-0.39, 0.29) is 17.3 Å². The summed E-state index contributed by atoms with van der Waals surface area (Å²) in [4.78, 5) is 36.1. The molecule has 6 heteroatoms. The highest BCUT2D eigenvalue weighted by Crippen LogP contribution is 2.40. The van der Waals surface area contributed by atoms with E-state index in [9.17, 15) is 14.4 Å². The van der Waals surface area contributed by atoms with E-state index in [1.807, 2.05) is 0 Å². The lowest BCUT2D eigenvalue weighted by Gasteiger charge is -2.36. The van der Waals surface area contributed by atoms with E-state index in [1.165, 1.54) is 7.11 Å². The number of hydrogen-bond acceptors (Lipinski definition) is 5. The predicted octanol–water partition coefficient (Wildman–Crippen LogP) is 3.35. The molecule has 0 bridgehead atoms. The summed E-state index contributed by atoms with van der Waals surface area (Å²) in [5, 5.41) is 2.22. The molecule has 1 aliphatic rings. The van der Waals surface area contributed by atoms with Gasteiger partial charge in [-0.15, -0.1) is 0 Å². The monoisotopic (exact) mass is 375 g/mol. The van der Waals surface area contributed by atoms with Crippen LogP contribution in [0.1, 0.15) is 56.8 Å². The molecule has 1 fully saturated rings. The Balaban J connectivity index is 1.75. The van der Waals surface area contributed by atoms with Gasteiger partial charge in [0.2, 0.25) is 0 Å². The van der Waals surface area contributed by atoms with Gasteiger partial charge in [0.15, 0.2) is 6.61 Å². The Morgan fingerprint density at radius 1 is 1.04 bits per heavy atom. The maximum atomic E-state index is 12.2. The number of amides is 2. The Labute approximate surface area is 160 Å². The summed E-state index contributed by atoms with van der Waals surface area (Å²) in [7, 11) is 1.53. The molecule has 0 atom stereocenters. The average molecular weight is 375 g/mol. The zero-order valence-corrected chi connectivity index (χ0v) is 16.5. The molecule has 6 nitrogen and oxygen atoms in total. The molecule has 2 rings (SSSR count). The number of hydrogen-bond donors (Lipinski definition) is 1. The molecule has 0 aromatic heterocycles. The quantitative estimate of drug-likeness (QED) is 0.798. The number of nitrogens with one attached hydrogen (secondary N) is 1. The van der Waals surface area contributed by atoms with Crippen LogP contribution in [0.4, 0.5) is 0 Å². The number of rotatable bonds is 5. The number of imide groups is 1. The number of ether oxygens (including phenoxy) is 2. The maximum absolute atomic E-state index is 12.2. The van der Waals surface area contributed by atoms with Crippen LogP contribution >= 0.6 is 0 Å². The fourth-order valence-corrected chi connectivity index (χ4v) is 3.43. The summed E-state index contributed by atoms with van der Waals surface area (Å²) in [5.41, 5.74) is 0.576. The molecule has 0 unspecified atom stereocenters. The molecular weight excluding hydrogens is 346 g/mol. The Hall–Kier alpha value is -2.37. The Morgan fingerprint density at radius 2 is 1.63 bits per heavy atom. The first-order valence-electron chi connectivity index (χ1n) is 9.35. The lowest BCUT2D eigenvalue weighted by Crippen LogP contribution is -2.35. The van der Waals surface area contributed by atoms with Gasteiger partial charge >= 0.3 is 5.97 Å². The van der Waals surface area contributed by atoms with E-state index in [0.29, 0.717) is 17.2 Å². The lowest BCUT2D eigenvalue weighted by molar-refractivity contribution is -0.154.